The summed E-state index contributed by atoms with van der Waals surface area (Å²) < 4.78 is 4.95. The summed E-state index contributed by atoms with van der Waals surface area (Å²) in [5, 5.41) is 3.14. The number of hydrogen-bond acceptors (Lipinski definition) is 3. The summed E-state index contributed by atoms with van der Waals surface area (Å²) in [5.74, 6) is 0.258. The number of halogens is 1. The second kappa shape index (κ2) is 8.08. The van der Waals surface area contributed by atoms with Crippen molar-refractivity contribution < 1.29 is 9.53 Å². The van der Waals surface area contributed by atoms with Crippen LogP contribution in [-0.4, -0.2) is 50.7 Å². The molecule has 112 valence electrons. The van der Waals surface area contributed by atoms with Crippen LogP contribution in [0.3, 0.4) is 0 Å². The van der Waals surface area contributed by atoms with Gasteiger partial charge < -0.3 is 15.0 Å². The maximum atomic E-state index is 12.1. The molecule has 1 saturated heterocycles. The van der Waals surface area contributed by atoms with E-state index in [1.165, 1.54) is 38.5 Å². The van der Waals surface area contributed by atoms with E-state index in [9.17, 15) is 4.79 Å². The van der Waals surface area contributed by atoms with Crippen LogP contribution in [0.5, 0.6) is 0 Å². The second-order valence-corrected chi connectivity index (χ2v) is 5.80. The fourth-order valence-corrected chi connectivity index (χ4v) is 3.34. The number of nitrogens with one attached hydrogen (secondary N) is 1. The van der Waals surface area contributed by atoms with E-state index in [2.05, 4.69) is 10.2 Å². The van der Waals surface area contributed by atoms with Gasteiger partial charge in [-0.2, -0.15) is 0 Å². The van der Waals surface area contributed by atoms with Crippen LogP contribution in [0, 0.1) is 5.41 Å². The van der Waals surface area contributed by atoms with Crippen molar-refractivity contribution in [2.24, 2.45) is 5.41 Å². The molecule has 2 aliphatic rings. The van der Waals surface area contributed by atoms with Crippen molar-refractivity contribution in [1.82, 2.24) is 10.2 Å². The van der Waals surface area contributed by atoms with E-state index in [0.29, 0.717) is 18.6 Å². The van der Waals surface area contributed by atoms with Gasteiger partial charge in [-0.05, 0) is 24.7 Å². The normalized spacial score (nSPS) is 21.4. The number of nitrogens with zero attached hydrogens (tertiary/aromatic N) is 1. The van der Waals surface area contributed by atoms with E-state index in [4.69, 9.17) is 4.74 Å². The van der Waals surface area contributed by atoms with Gasteiger partial charge in [0.15, 0.2) is 0 Å². The highest BCUT2D eigenvalue weighted by atomic mass is 35.5. The molecule has 1 heterocycles. The average molecular weight is 291 g/mol. The molecular weight excluding hydrogens is 264 g/mol. The van der Waals surface area contributed by atoms with Gasteiger partial charge in [0, 0.05) is 26.7 Å². The Morgan fingerprint density at radius 2 is 2.00 bits per heavy atom. The van der Waals surface area contributed by atoms with Gasteiger partial charge in [-0.1, -0.05) is 19.3 Å². The van der Waals surface area contributed by atoms with E-state index < -0.39 is 0 Å². The zero-order valence-electron chi connectivity index (χ0n) is 12.0. The highest BCUT2D eigenvalue weighted by molar-refractivity contribution is 5.85. The first kappa shape index (κ1) is 16.7. The topological polar surface area (TPSA) is 41.6 Å². The number of ether oxygens (including phenoxy) is 1. The van der Waals surface area contributed by atoms with Gasteiger partial charge in [0.2, 0.25) is 5.91 Å². The quantitative estimate of drug-likeness (QED) is 0.786. The lowest BCUT2D eigenvalue weighted by atomic mass is 9.73. The minimum Gasteiger partial charge on any atom is -0.383 e. The Kier molecular flexibility index (Phi) is 7.11. The van der Waals surface area contributed by atoms with Crippen molar-refractivity contribution in [2.45, 2.75) is 38.5 Å². The SMILES string of the molecule is COCCNCC(=O)N1CCC2(CCCCC2)C1.Cl. The molecule has 2 rings (SSSR count). The van der Waals surface area contributed by atoms with Crippen LogP contribution in [-0.2, 0) is 9.53 Å². The minimum absolute atomic E-state index is 0. The molecule has 1 aliphatic heterocycles. The standard InChI is InChI=1S/C14H26N2O2.ClH/c1-18-10-8-15-11-13(17)16-9-7-14(12-16)5-3-2-4-6-14;/h15H,2-12H2,1H3;1H. The van der Waals surface area contributed by atoms with Crippen molar-refractivity contribution in [3.8, 4) is 0 Å². The molecule has 0 aromatic carbocycles. The van der Waals surface area contributed by atoms with Crippen molar-refractivity contribution >= 4 is 18.3 Å². The predicted molar refractivity (Wildman–Crippen MR) is 78.7 cm³/mol. The maximum absolute atomic E-state index is 12.1. The monoisotopic (exact) mass is 290 g/mol. The van der Waals surface area contributed by atoms with Crippen molar-refractivity contribution in [2.75, 3.05) is 39.9 Å². The second-order valence-electron chi connectivity index (χ2n) is 5.80. The number of carbonyl (C=O) groups excluding carboxylic acids is 1. The summed E-state index contributed by atoms with van der Waals surface area (Å²) in [6.45, 7) is 3.83. The molecule has 0 bridgehead atoms. The van der Waals surface area contributed by atoms with Crippen molar-refractivity contribution in [3.05, 3.63) is 0 Å². The van der Waals surface area contributed by atoms with E-state index in [0.717, 1.165) is 19.6 Å². The zero-order chi connectivity index (χ0) is 12.8. The molecule has 1 spiro atoms. The van der Waals surface area contributed by atoms with Crippen molar-refractivity contribution in [1.29, 1.82) is 0 Å². The number of amides is 1. The molecule has 1 aliphatic carbocycles. The molecule has 4 nitrogen and oxygen atoms in total. The van der Waals surface area contributed by atoms with Crippen LogP contribution in [0.1, 0.15) is 38.5 Å². The van der Waals surface area contributed by atoms with Crippen LogP contribution in [0.2, 0.25) is 0 Å². The summed E-state index contributed by atoms with van der Waals surface area (Å²) in [5.41, 5.74) is 0.473. The van der Waals surface area contributed by atoms with Gasteiger partial charge >= 0.3 is 0 Å². The Hall–Kier alpha value is -0.320. The molecule has 0 radical (unpaired) electrons. The predicted octanol–water partition coefficient (Wildman–Crippen LogP) is 1.83. The third kappa shape index (κ3) is 4.62. The Balaban J connectivity index is 0.00000180. The summed E-state index contributed by atoms with van der Waals surface area (Å²) in [6, 6.07) is 0. The molecule has 0 aromatic rings. The third-order valence-corrected chi connectivity index (χ3v) is 4.46. The Bertz CT molecular complexity index is 281. The fraction of sp³-hybridized carbons (Fsp3) is 0.929. The average Bonchev–Trinajstić information content (AvgIpc) is 2.79. The van der Waals surface area contributed by atoms with Crippen LogP contribution >= 0.6 is 12.4 Å². The summed E-state index contributed by atoms with van der Waals surface area (Å²) in [4.78, 5) is 14.1. The molecular formula is C14H27ClN2O2. The molecule has 1 amide bonds. The summed E-state index contributed by atoms with van der Waals surface area (Å²) in [7, 11) is 1.68. The molecule has 1 N–H and O–H groups in total. The summed E-state index contributed by atoms with van der Waals surface area (Å²) >= 11 is 0. The number of likely N-dealkylation sites (tertiary alicyclic amines) is 1. The highest BCUT2D eigenvalue weighted by Crippen LogP contribution is 2.43. The lowest BCUT2D eigenvalue weighted by molar-refractivity contribution is -0.129. The summed E-state index contributed by atoms with van der Waals surface area (Å²) in [6.07, 6.45) is 7.97. The van der Waals surface area contributed by atoms with Gasteiger partial charge in [-0.3, -0.25) is 4.79 Å². The van der Waals surface area contributed by atoms with Gasteiger partial charge in [0.1, 0.15) is 0 Å². The Labute approximate surface area is 122 Å². The first-order valence-electron chi connectivity index (χ1n) is 7.23. The molecule has 2 fully saturated rings. The molecule has 0 atom stereocenters. The van der Waals surface area contributed by atoms with E-state index in [1.54, 1.807) is 7.11 Å². The van der Waals surface area contributed by atoms with Crippen LogP contribution in [0.25, 0.3) is 0 Å². The lowest BCUT2D eigenvalue weighted by Gasteiger charge is -2.33. The lowest BCUT2D eigenvalue weighted by Crippen LogP contribution is -2.39. The Morgan fingerprint density at radius 3 is 2.68 bits per heavy atom. The number of hydrogen-bond donors (Lipinski definition) is 1. The third-order valence-electron chi connectivity index (χ3n) is 4.46. The number of carbonyl (C=O) groups is 1. The highest BCUT2D eigenvalue weighted by Gasteiger charge is 2.40. The van der Waals surface area contributed by atoms with Gasteiger partial charge in [0.25, 0.3) is 0 Å². The first-order chi connectivity index (χ1) is 8.76. The molecule has 1 saturated carbocycles. The minimum atomic E-state index is 0. The largest absolute Gasteiger partial charge is 0.383 e. The zero-order valence-corrected chi connectivity index (χ0v) is 12.8. The molecule has 0 unspecified atom stereocenters. The number of rotatable bonds is 5. The Morgan fingerprint density at radius 1 is 1.26 bits per heavy atom. The first-order valence-corrected chi connectivity index (χ1v) is 7.23. The van der Waals surface area contributed by atoms with E-state index in [1.807, 2.05) is 0 Å². The van der Waals surface area contributed by atoms with Crippen molar-refractivity contribution in [3.63, 3.8) is 0 Å². The fourth-order valence-electron chi connectivity index (χ4n) is 3.34. The van der Waals surface area contributed by atoms with E-state index >= 15 is 0 Å². The van der Waals surface area contributed by atoms with Gasteiger partial charge in [0.05, 0.1) is 13.2 Å². The van der Waals surface area contributed by atoms with Crippen LogP contribution in [0.15, 0.2) is 0 Å². The van der Waals surface area contributed by atoms with E-state index in [-0.39, 0.29) is 18.3 Å². The molecule has 0 aromatic heterocycles. The maximum Gasteiger partial charge on any atom is 0.236 e. The molecule has 19 heavy (non-hydrogen) atoms. The van der Waals surface area contributed by atoms with Gasteiger partial charge in [-0.15, -0.1) is 12.4 Å². The molecule has 5 heteroatoms. The van der Waals surface area contributed by atoms with Gasteiger partial charge in [-0.25, -0.2) is 0 Å². The van der Waals surface area contributed by atoms with Crippen LogP contribution in [0.4, 0.5) is 0 Å². The van der Waals surface area contributed by atoms with Crippen LogP contribution < -0.4 is 5.32 Å². The smallest absolute Gasteiger partial charge is 0.236 e. The number of methoxy groups -OCH3 is 1.